The van der Waals surface area contributed by atoms with Gasteiger partial charge in [0.2, 0.25) is 10.0 Å². The third-order valence-corrected chi connectivity index (χ3v) is 6.48. The van der Waals surface area contributed by atoms with E-state index < -0.39 is 10.0 Å². The van der Waals surface area contributed by atoms with Crippen LogP contribution < -0.4 is 4.72 Å². The zero-order chi connectivity index (χ0) is 15.1. The van der Waals surface area contributed by atoms with E-state index in [-0.39, 0.29) is 28.0 Å². The number of sulfonamides is 1. The molecule has 2 fully saturated rings. The Balaban J connectivity index is 1.83. The van der Waals surface area contributed by atoms with Crippen molar-refractivity contribution in [1.29, 1.82) is 5.26 Å². The molecule has 0 heterocycles. The molecule has 1 spiro atoms. The van der Waals surface area contributed by atoms with Crippen LogP contribution in [0, 0.1) is 16.7 Å². The molecule has 2 aliphatic carbocycles. The van der Waals surface area contributed by atoms with Gasteiger partial charge in [-0.25, -0.2) is 13.1 Å². The van der Waals surface area contributed by atoms with Crippen LogP contribution in [0.25, 0.3) is 0 Å². The molecule has 2 atom stereocenters. The molecule has 0 aromatic heterocycles. The Morgan fingerprint density at radius 2 is 2.10 bits per heavy atom. The fourth-order valence-corrected chi connectivity index (χ4v) is 5.04. The Morgan fingerprint density at radius 1 is 1.38 bits per heavy atom. The van der Waals surface area contributed by atoms with E-state index in [0.29, 0.717) is 6.42 Å². The van der Waals surface area contributed by atoms with Crippen molar-refractivity contribution in [3.63, 3.8) is 0 Å². The summed E-state index contributed by atoms with van der Waals surface area (Å²) in [5.74, 6) is 0. The van der Waals surface area contributed by atoms with Crippen LogP contribution in [0.2, 0.25) is 0 Å². The lowest BCUT2D eigenvalue weighted by Gasteiger charge is -2.60. The Morgan fingerprint density at radius 3 is 2.67 bits per heavy atom. The lowest BCUT2D eigenvalue weighted by molar-refractivity contribution is -0.155. The van der Waals surface area contributed by atoms with Crippen LogP contribution in [0.1, 0.15) is 31.2 Å². The first-order valence-electron chi connectivity index (χ1n) is 7.08. The summed E-state index contributed by atoms with van der Waals surface area (Å²) in [6.07, 6.45) is 3.96. The second-order valence-corrected chi connectivity index (χ2v) is 7.51. The van der Waals surface area contributed by atoms with Crippen molar-refractivity contribution < 1.29 is 13.2 Å². The van der Waals surface area contributed by atoms with Crippen molar-refractivity contribution in [3.05, 3.63) is 29.8 Å². The van der Waals surface area contributed by atoms with Crippen molar-refractivity contribution >= 4 is 10.0 Å². The Bertz CT molecular complexity index is 689. The number of rotatable bonds is 4. The molecule has 5 nitrogen and oxygen atoms in total. The average Bonchev–Trinajstić information content (AvgIpc) is 2.41. The molecule has 0 radical (unpaired) electrons. The van der Waals surface area contributed by atoms with Gasteiger partial charge in [-0.15, -0.1) is 0 Å². The monoisotopic (exact) mass is 306 g/mol. The summed E-state index contributed by atoms with van der Waals surface area (Å²) < 4.78 is 33.3. The summed E-state index contributed by atoms with van der Waals surface area (Å²) in [5.41, 5.74) is 0.138. The highest BCUT2D eigenvalue weighted by Crippen LogP contribution is 2.57. The van der Waals surface area contributed by atoms with Gasteiger partial charge in [0.1, 0.15) is 6.07 Å². The molecule has 1 aromatic rings. The van der Waals surface area contributed by atoms with Crippen LogP contribution in [0.3, 0.4) is 0 Å². The van der Waals surface area contributed by atoms with E-state index in [0.717, 1.165) is 19.3 Å². The van der Waals surface area contributed by atoms with Crippen molar-refractivity contribution in [3.8, 4) is 6.07 Å². The molecule has 112 valence electrons. The number of nitrogens with zero attached hydrogens (tertiary/aromatic N) is 1. The molecule has 0 aliphatic heterocycles. The van der Waals surface area contributed by atoms with E-state index in [4.69, 9.17) is 10.00 Å². The van der Waals surface area contributed by atoms with Crippen molar-refractivity contribution in [2.75, 3.05) is 7.11 Å². The molecule has 21 heavy (non-hydrogen) atoms. The fraction of sp³-hybridized carbons (Fsp3) is 0.533. The second-order valence-electron chi connectivity index (χ2n) is 5.83. The number of methoxy groups -OCH3 is 1. The maximum Gasteiger partial charge on any atom is 0.242 e. The highest BCUT2D eigenvalue weighted by molar-refractivity contribution is 7.89. The van der Waals surface area contributed by atoms with Crippen LogP contribution in [0.15, 0.2) is 29.2 Å². The van der Waals surface area contributed by atoms with Gasteiger partial charge >= 0.3 is 0 Å². The normalized spacial score (nSPS) is 26.7. The number of nitrogens with one attached hydrogen (secondary N) is 1. The van der Waals surface area contributed by atoms with Crippen molar-refractivity contribution in [2.45, 2.75) is 42.7 Å². The van der Waals surface area contributed by atoms with E-state index in [2.05, 4.69) is 4.72 Å². The standard InChI is InChI=1S/C15H18N2O3S/c1-20-14-9-13(15(14)7-4-8-15)17-21(18,19)12-6-3-2-5-11(12)10-16/h2-3,5-6,13-14,17H,4,7-9H2,1H3/t13-,14-/m0/s1. The maximum absolute atomic E-state index is 12.5. The van der Waals surface area contributed by atoms with Gasteiger partial charge in [0.05, 0.1) is 16.6 Å². The number of nitriles is 1. The highest BCUT2D eigenvalue weighted by atomic mass is 32.2. The van der Waals surface area contributed by atoms with Crippen LogP contribution in [0.5, 0.6) is 0 Å². The number of ether oxygens (including phenoxy) is 1. The second kappa shape index (κ2) is 5.09. The van der Waals surface area contributed by atoms with Gasteiger partial charge in [0.25, 0.3) is 0 Å². The molecule has 6 heteroatoms. The van der Waals surface area contributed by atoms with E-state index in [9.17, 15) is 8.42 Å². The molecule has 2 saturated carbocycles. The SMILES string of the molecule is CO[C@H]1C[C@H](NS(=O)(=O)c2ccccc2C#N)C12CCC2. The lowest BCUT2D eigenvalue weighted by Crippen LogP contribution is -2.67. The first-order valence-corrected chi connectivity index (χ1v) is 8.56. The number of hydrogen-bond acceptors (Lipinski definition) is 4. The predicted molar refractivity (Wildman–Crippen MR) is 77.0 cm³/mol. The Kier molecular flexibility index (Phi) is 3.52. The minimum Gasteiger partial charge on any atom is -0.381 e. The Hall–Kier alpha value is -1.42. The van der Waals surface area contributed by atoms with E-state index in [1.165, 1.54) is 12.1 Å². The highest BCUT2D eigenvalue weighted by Gasteiger charge is 2.59. The first kappa shape index (κ1) is 14.5. The molecular weight excluding hydrogens is 288 g/mol. The fourth-order valence-electron chi connectivity index (χ4n) is 3.54. The number of benzene rings is 1. The smallest absolute Gasteiger partial charge is 0.242 e. The van der Waals surface area contributed by atoms with Gasteiger partial charge < -0.3 is 4.74 Å². The topological polar surface area (TPSA) is 79.2 Å². The lowest BCUT2D eigenvalue weighted by atomic mass is 9.51. The maximum atomic E-state index is 12.5. The van der Waals surface area contributed by atoms with E-state index in [1.807, 2.05) is 6.07 Å². The molecule has 2 aliphatic rings. The van der Waals surface area contributed by atoms with Gasteiger partial charge in [0.15, 0.2) is 0 Å². The van der Waals surface area contributed by atoms with Crippen LogP contribution in [-0.2, 0) is 14.8 Å². The third-order valence-electron chi connectivity index (χ3n) is 4.95. The van der Waals surface area contributed by atoms with Crippen molar-refractivity contribution in [1.82, 2.24) is 4.72 Å². The van der Waals surface area contributed by atoms with Gasteiger partial charge in [0, 0.05) is 18.6 Å². The van der Waals surface area contributed by atoms with Crippen LogP contribution >= 0.6 is 0 Å². The average molecular weight is 306 g/mol. The zero-order valence-corrected chi connectivity index (χ0v) is 12.7. The van der Waals surface area contributed by atoms with E-state index >= 15 is 0 Å². The van der Waals surface area contributed by atoms with Crippen molar-refractivity contribution in [2.24, 2.45) is 5.41 Å². The largest absolute Gasteiger partial charge is 0.381 e. The molecule has 0 amide bonds. The van der Waals surface area contributed by atoms with Gasteiger partial charge in [-0.3, -0.25) is 0 Å². The van der Waals surface area contributed by atoms with Gasteiger partial charge in [-0.1, -0.05) is 18.6 Å². The minimum atomic E-state index is -3.67. The molecule has 3 rings (SSSR count). The summed E-state index contributed by atoms with van der Waals surface area (Å²) in [4.78, 5) is 0.0582. The third kappa shape index (κ3) is 2.16. The molecule has 0 bridgehead atoms. The zero-order valence-electron chi connectivity index (χ0n) is 11.9. The van der Waals surface area contributed by atoms with Gasteiger partial charge in [-0.2, -0.15) is 5.26 Å². The molecule has 1 N–H and O–H groups in total. The molecular formula is C15H18N2O3S. The molecule has 1 aromatic carbocycles. The molecule has 0 saturated heterocycles. The summed E-state index contributed by atoms with van der Waals surface area (Å²) in [7, 11) is -1.99. The van der Waals surface area contributed by atoms with E-state index in [1.54, 1.807) is 19.2 Å². The number of hydrogen-bond donors (Lipinski definition) is 1. The predicted octanol–water partition coefficient (Wildman–Crippen LogP) is 1.79. The van der Waals surface area contributed by atoms with Crippen LogP contribution in [-0.4, -0.2) is 27.7 Å². The first-order chi connectivity index (χ1) is 10.0. The Labute approximate surface area is 125 Å². The summed E-state index contributed by atoms with van der Waals surface area (Å²) in [5, 5.41) is 9.06. The quantitative estimate of drug-likeness (QED) is 0.920. The molecule has 0 unspecified atom stereocenters. The summed E-state index contributed by atoms with van der Waals surface area (Å²) in [6, 6.07) is 8.13. The summed E-state index contributed by atoms with van der Waals surface area (Å²) >= 11 is 0. The van der Waals surface area contributed by atoms with Crippen LogP contribution in [0.4, 0.5) is 0 Å². The minimum absolute atomic E-state index is 0.0383. The van der Waals surface area contributed by atoms with Gasteiger partial charge in [-0.05, 0) is 31.4 Å². The summed E-state index contributed by atoms with van der Waals surface area (Å²) in [6.45, 7) is 0.